The van der Waals surface area contributed by atoms with E-state index < -0.39 is 0 Å². The first-order valence-electron chi connectivity index (χ1n) is 10.3. The molecule has 1 atom stereocenters. The van der Waals surface area contributed by atoms with Gasteiger partial charge >= 0.3 is 0 Å². The molecule has 0 bridgehead atoms. The van der Waals surface area contributed by atoms with E-state index in [0.29, 0.717) is 11.5 Å². The summed E-state index contributed by atoms with van der Waals surface area (Å²) >= 11 is 0. The molecule has 0 spiro atoms. The summed E-state index contributed by atoms with van der Waals surface area (Å²) in [7, 11) is 2.11. The van der Waals surface area contributed by atoms with Gasteiger partial charge in [-0.05, 0) is 69.4 Å². The SMILES string of the molecule is CN1CCN(c2ccc(F)cc2C(=O)N2CCC(C3CCNC3)CC2)CC1. The number of halogens is 1. The molecule has 3 aliphatic heterocycles. The lowest BCUT2D eigenvalue weighted by atomic mass is 9.83. The van der Waals surface area contributed by atoms with Crippen molar-refractivity contribution >= 4 is 11.6 Å². The van der Waals surface area contributed by atoms with Crippen molar-refractivity contribution in [2.75, 3.05) is 64.3 Å². The molecule has 27 heavy (non-hydrogen) atoms. The quantitative estimate of drug-likeness (QED) is 0.879. The first kappa shape index (κ1) is 18.7. The van der Waals surface area contributed by atoms with E-state index in [9.17, 15) is 9.18 Å². The van der Waals surface area contributed by atoms with E-state index in [4.69, 9.17) is 0 Å². The molecule has 148 valence electrons. The third kappa shape index (κ3) is 4.11. The molecule has 5 nitrogen and oxygen atoms in total. The lowest BCUT2D eigenvalue weighted by Crippen LogP contribution is -2.46. The van der Waals surface area contributed by atoms with Gasteiger partial charge in [-0.15, -0.1) is 0 Å². The van der Waals surface area contributed by atoms with Crippen LogP contribution in [0.3, 0.4) is 0 Å². The van der Waals surface area contributed by atoms with Crippen LogP contribution in [0.4, 0.5) is 10.1 Å². The molecule has 3 saturated heterocycles. The molecule has 3 aliphatic rings. The largest absolute Gasteiger partial charge is 0.368 e. The van der Waals surface area contributed by atoms with Crippen molar-refractivity contribution in [3.63, 3.8) is 0 Å². The highest BCUT2D eigenvalue weighted by atomic mass is 19.1. The third-order valence-electron chi connectivity index (χ3n) is 6.62. The Morgan fingerprint density at radius 2 is 1.78 bits per heavy atom. The molecule has 0 aliphatic carbocycles. The summed E-state index contributed by atoms with van der Waals surface area (Å²) in [4.78, 5) is 19.7. The van der Waals surface area contributed by atoms with Gasteiger partial charge in [-0.25, -0.2) is 4.39 Å². The zero-order valence-electron chi connectivity index (χ0n) is 16.3. The van der Waals surface area contributed by atoms with E-state index >= 15 is 0 Å². The molecule has 4 rings (SSSR count). The number of piperazine rings is 1. The molecule has 1 N–H and O–H groups in total. The maximum absolute atomic E-state index is 14.0. The molecule has 0 radical (unpaired) electrons. The van der Waals surface area contributed by atoms with Crippen LogP contribution in [-0.4, -0.2) is 75.1 Å². The molecular weight excluding hydrogens is 343 g/mol. The topological polar surface area (TPSA) is 38.8 Å². The summed E-state index contributed by atoms with van der Waals surface area (Å²) in [5.74, 6) is 1.14. The van der Waals surface area contributed by atoms with Gasteiger partial charge in [0.05, 0.1) is 5.56 Å². The molecular formula is C21H31FN4O. The minimum Gasteiger partial charge on any atom is -0.368 e. The molecule has 0 aromatic heterocycles. The predicted molar refractivity (Wildman–Crippen MR) is 106 cm³/mol. The number of carbonyl (C=O) groups excluding carboxylic acids is 1. The summed E-state index contributed by atoms with van der Waals surface area (Å²) < 4.78 is 14.0. The van der Waals surface area contributed by atoms with Gasteiger partial charge in [-0.3, -0.25) is 4.79 Å². The van der Waals surface area contributed by atoms with Crippen LogP contribution in [0.2, 0.25) is 0 Å². The Labute approximate surface area is 161 Å². The Kier molecular flexibility index (Phi) is 5.64. The van der Waals surface area contributed by atoms with Crippen LogP contribution >= 0.6 is 0 Å². The van der Waals surface area contributed by atoms with Gasteiger partial charge in [0.2, 0.25) is 0 Å². The highest BCUT2D eigenvalue weighted by Gasteiger charge is 2.31. The number of carbonyl (C=O) groups is 1. The third-order valence-corrected chi connectivity index (χ3v) is 6.62. The van der Waals surface area contributed by atoms with Crippen LogP contribution in [0, 0.1) is 17.7 Å². The highest BCUT2D eigenvalue weighted by Crippen LogP contribution is 2.31. The zero-order chi connectivity index (χ0) is 18.8. The fourth-order valence-electron chi connectivity index (χ4n) is 4.83. The van der Waals surface area contributed by atoms with Gasteiger partial charge in [0, 0.05) is 45.0 Å². The van der Waals surface area contributed by atoms with Crippen LogP contribution < -0.4 is 10.2 Å². The maximum Gasteiger partial charge on any atom is 0.256 e. The second kappa shape index (κ2) is 8.15. The first-order chi connectivity index (χ1) is 13.1. The first-order valence-corrected chi connectivity index (χ1v) is 10.3. The molecule has 3 fully saturated rings. The summed E-state index contributed by atoms with van der Waals surface area (Å²) in [6.45, 7) is 7.50. The van der Waals surface area contributed by atoms with Gasteiger partial charge in [0.25, 0.3) is 5.91 Å². The van der Waals surface area contributed by atoms with E-state index in [-0.39, 0.29) is 11.7 Å². The molecule has 6 heteroatoms. The molecule has 1 aromatic carbocycles. The average molecular weight is 375 g/mol. The van der Waals surface area contributed by atoms with Crippen molar-refractivity contribution < 1.29 is 9.18 Å². The van der Waals surface area contributed by atoms with Gasteiger partial charge in [-0.1, -0.05) is 0 Å². The second-order valence-electron chi connectivity index (χ2n) is 8.33. The lowest BCUT2D eigenvalue weighted by Gasteiger charge is -2.37. The monoisotopic (exact) mass is 374 g/mol. The lowest BCUT2D eigenvalue weighted by molar-refractivity contribution is 0.0663. The fourth-order valence-corrected chi connectivity index (χ4v) is 4.83. The maximum atomic E-state index is 14.0. The Bertz CT molecular complexity index is 660. The van der Waals surface area contributed by atoms with Crippen molar-refractivity contribution in [3.8, 4) is 0 Å². The molecule has 1 aromatic rings. The zero-order valence-corrected chi connectivity index (χ0v) is 16.3. The number of benzene rings is 1. The van der Waals surface area contributed by atoms with Crippen molar-refractivity contribution in [2.45, 2.75) is 19.3 Å². The van der Waals surface area contributed by atoms with Crippen LogP contribution in [0.25, 0.3) is 0 Å². The van der Waals surface area contributed by atoms with E-state index in [1.807, 2.05) is 4.90 Å². The number of hydrogen-bond donors (Lipinski definition) is 1. The van der Waals surface area contributed by atoms with Gasteiger partial charge < -0.3 is 20.0 Å². The Balaban J connectivity index is 1.46. The van der Waals surface area contributed by atoms with E-state index in [0.717, 1.165) is 76.8 Å². The minimum atomic E-state index is -0.330. The van der Waals surface area contributed by atoms with Crippen LogP contribution in [0.1, 0.15) is 29.6 Å². The Morgan fingerprint density at radius 3 is 2.44 bits per heavy atom. The standard InChI is InChI=1S/C21H31FN4O/c1-24-10-12-25(13-11-24)20-3-2-18(22)14-19(20)21(27)26-8-5-16(6-9-26)17-4-7-23-15-17/h2-3,14,16-17,23H,4-13,15H2,1H3. The van der Waals surface area contributed by atoms with Crippen LogP contribution in [-0.2, 0) is 0 Å². The summed E-state index contributed by atoms with van der Waals surface area (Å²) in [6.07, 6.45) is 3.39. The van der Waals surface area contributed by atoms with Gasteiger partial charge in [0.1, 0.15) is 5.82 Å². The van der Waals surface area contributed by atoms with Crippen molar-refractivity contribution in [2.24, 2.45) is 11.8 Å². The number of nitrogens with zero attached hydrogens (tertiary/aromatic N) is 3. The predicted octanol–water partition coefficient (Wildman–Crippen LogP) is 2.04. The summed E-state index contributed by atoms with van der Waals surface area (Å²) in [5, 5.41) is 3.45. The van der Waals surface area contributed by atoms with Crippen molar-refractivity contribution in [1.82, 2.24) is 15.1 Å². The number of hydrogen-bond acceptors (Lipinski definition) is 4. The Morgan fingerprint density at radius 1 is 1.04 bits per heavy atom. The Hall–Kier alpha value is -1.66. The van der Waals surface area contributed by atoms with Gasteiger partial charge in [-0.2, -0.15) is 0 Å². The van der Waals surface area contributed by atoms with Crippen LogP contribution in [0.15, 0.2) is 18.2 Å². The summed E-state index contributed by atoms with van der Waals surface area (Å²) in [5.41, 5.74) is 1.41. The van der Waals surface area contributed by atoms with Gasteiger partial charge in [0.15, 0.2) is 0 Å². The molecule has 1 amide bonds. The van der Waals surface area contributed by atoms with Crippen LogP contribution in [0.5, 0.6) is 0 Å². The van der Waals surface area contributed by atoms with Crippen molar-refractivity contribution in [1.29, 1.82) is 0 Å². The number of likely N-dealkylation sites (tertiary alicyclic amines) is 1. The summed E-state index contributed by atoms with van der Waals surface area (Å²) in [6, 6.07) is 4.69. The average Bonchev–Trinajstić information content (AvgIpc) is 3.23. The van der Waals surface area contributed by atoms with E-state index in [1.165, 1.54) is 18.6 Å². The fraction of sp³-hybridized carbons (Fsp3) is 0.667. The normalized spacial score (nSPS) is 25.2. The molecule has 3 heterocycles. The number of nitrogens with one attached hydrogen (secondary N) is 1. The number of rotatable bonds is 3. The van der Waals surface area contributed by atoms with E-state index in [2.05, 4.69) is 22.2 Å². The molecule has 1 unspecified atom stereocenters. The highest BCUT2D eigenvalue weighted by molar-refractivity contribution is 6.00. The van der Waals surface area contributed by atoms with E-state index in [1.54, 1.807) is 6.07 Å². The number of likely N-dealkylation sites (N-methyl/N-ethyl adjacent to an activating group) is 1. The minimum absolute atomic E-state index is 0.00794. The molecule has 0 saturated carbocycles. The smallest absolute Gasteiger partial charge is 0.256 e. The second-order valence-corrected chi connectivity index (χ2v) is 8.33. The number of amides is 1. The van der Waals surface area contributed by atoms with Crippen molar-refractivity contribution in [3.05, 3.63) is 29.6 Å². The number of anilines is 1. The number of piperidine rings is 1.